The van der Waals surface area contributed by atoms with E-state index in [1.807, 2.05) is 49.4 Å². The fraction of sp³-hybridized carbons (Fsp3) is 0.231. The van der Waals surface area contributed by atoms with Gasteiger partial charge in [-0.15, -0.1) is 0 Å². The zero-order valence-electron chi connectivity index (χ0n) is 19.5. The van der Waals surface area contributed by atoms with Crippen LogP contribution >= 0.6 is 0 Å². The molecule has 1 atom stereocenters. The molecule has 0 aliphatic carbocycles. The third-order valence-electron chi connectivity index (χ3n) is 5.85. The fourth-order valence-corrected chi connectivity index (χ4v) is 3.85. The molecular weight excluding hydrogens is 432 g/mol. The van der Waals surface area contributed by atoms with Gasteiger partial charge in [-0.25, -0.2) is 15.0 Å². The van der Waals surface area contributed by atoms with Crippen molar-refractivity contribution in [1.29, 1.82) is 0 Å². The quantitative estimate of drug-likeness (QED) is 0.435. The van der Waals surface area contributed by atoms with E-state index < -0.39 is 11.5 Å². The Hall–Kier alpha value is -4.04. The van der Waals surface area contributed by atoms with Crippen molar-refractivity contribution >= 4 is 16.8 Å². The Labute approximate surface area is 197 Å². The molecule has 174 valence electrons. The van der Waals surface area contributed by atoms with Crippen LogP contribution in [-0.2, 0) is 11.2 Å². The van der Waals surface area contributed by atoms with Crippen LogP contribution < -0.4 is 15.2 Å². The molecule has 2 aromatic heterocycles. The Morgan fingerprint density at radius 1 is 1.00 bits per heavy atom. The Balaban J connectivity index is 1.83. The zero-order valence-corrected chi connectivity index (χ0v) is 19.5. The highest BCUT2D eigenvalue weighted by Gasteiger charge is 2.27. The number of benzene rings is 2. The molecule has 3 N–H and O–H groups in total. The first-order valence-corrected chi connectivity index (χ1v) is 10.7. The minimum absolute atomic E-state index is 0.127. The summed E-state index contributed by atoms with van der Waals surface area (Å²) in [4.78, 5) is 24.8. The fourth-order valence-electron chi connectivity index (χ4n) is 3.85. The van der Waals surface area contributed by atoms with Crippen LogP contribution in [0.3, 0.4) is 0 Å². The van der Waals surface area contributed by atoms with Crippen molar-refractivity contribution in [3.8, 4) is 33.9 Å². The average molecular weight is 459 g/mol. The van der Waals surface area contributed by atoms with Gasteiger partial charge in [0.15, 0.2) is 5.75 Å². The topological polar surface area (TPSA) is 120 Å². The summed E-state index contributed by atoms with van der Waals surface area (Å²) >= 11 is 0. The van der Waals surface area contributed by atoms with Gasteiger partial charge in [0, 0.05) is 34.8 Å². The molecule has 4 rings (SSSR count). The molecule has 34 heavy (non-hydrogen) atoms. The number of nitrogens with two attached hydrogens (primary N) is 1. The monoisotopic (exact) mass is 458 g/mol. The molecular formula is C26H26N4O4. The highest BCUT2D eigenvalue weighted by atomic mass is 16.5. The van der Waals surface area contributed by atoms with Gasteiger partial charge in [0.05, 0.1) is 19.7 Å². The molecule has 0 aliphatic heterocycles. The minimum atomic E-state index is -1.61. The van der Waals surface area contributed by atoms with E-state index in [9.17, 15) is 9.90 Å². The summed E-state index contributed by atoms with van der Waals surface area (Å²) in [7, 11) is 3.12. The SMILES string of the molecule is COc1cc(-c2cc(-c3ccc(CC(C)(O)C(N)=O)cc3)c3ncnc(C)c3c2)cnc1OC. The molecule has 0 radical (unpaired) electrons. The number of fused-ring (bicyclic) bond motifs is 1. The van der Waals surface area contributed by atoms with E-state index in [1.54, 1.807) is 26.7 Å². The van der Waals surface area contributed by atoms with Crippen molar-refractivity contribution in [1.82, 2.24) is 15.0 Å². The number of aliphatic hydroxyl groups is 1. The van der Waals surface area contributed by atoms with E-state index in [4.69, 9.17) is 15.2 Å². The largest absolute Gasteiger partial charge is 0.491 e. The molecule has 2 aromatic carbocycles. The molecule has 0 saturated heterocycles. The number of amides is 1. The van der Waals surface area contributed by atoms with Gasteiger partial charge in [0.25, 0.3) is 5.88 Å². The summed E-state index contributed by atoms with van der Waals surface area (Å²) in [6, 6.07) is 13.6. The maximum Gasteiger partial charge on any atom is 0.256 e. The number of rotatable bonds is 7. The van der Waals surface area contributed by atoms with E-state index in [2.05, 4.69) is 15.0 Å². The van der Waals surface area contributed by atoms with E-state index in [1.165, 1.54) is 6.92 Å². The van der Waals surface area contributed by atoms with E-state index >= 15 is 0 Å². The van der Waals surface area contributed by atoms with Crippen LogP contribution in [0.2, 0.25) is 0 Å². The van der Waals surface area contributed by atoms with Crippen molar-refractivity contribution in [3.05, 3.63) is 66.2 Å². The van der Waals surface area contributed by atoms with Gasteiger partial charge < -0.3 is 20.3 Å². The first-order chi connectivity index (χ1) is 16.2. The smallest absolute Gasteiger partial charge is 0.256 e. The number of pyridine rings is 1. The summed E-state index contributed by atoms with van der Waals surface area (Å²) < 4.78 is 10.7. The molecule has 0 spiro atoms. The number of aromatic nitrogens is 3. The third kappa shape index (κ3) is 4.40. The van der Waals surface area contributed by atoms with Gasteiger partial charge in [0.2, 0.25) is 5.91 Å². The van der Waals surface area contributed by atoms with E-state index in [0.717, 1.165) is 44.4 Å². The van der Waals surface area contributed by atoms with Crippen molar-refractivity contribution in [2.75, 3.05) is 14.2 Å². The highest BCUT2D eigenvalue weighted by Crippen LogP contribution is 2.36. The lowest BCUT2D eigenvalue weighted by Gasteiger charge is -2.19. The van der Waals surface area contributed by atoms with Crippen molar-refractivity contribution in [2.45, 2.75) is 25.9 Å². The predicted molar refractivity (Wildman–Crippen MR) is 130 cm³/mol. The number of primary amides is 1. The summed E-state index contributed by atoms with van der Waals surface area (Å²) in [5.41, 5.74) is 9.80. The van der Waals surface area contributed by atoms with Crippen LogP contribution in [0.4, 0.5) is 0 Å². The molecule has 8 heteroatoms. The minimum Gasteiger partial charge on any atom is -0.491 e. The van der Waals surface area contributed by atoms with Gasteiger partial charge in [-0.1, -0.05) is 24.3 Å². The second kappa shape index (κ2) is 9.07. The first-order valence-electron chi connectivity index (χ1n) is 10.7. The molecule has 1 unspecified atom stereocenters. The van der Waals surface area contributed by atoms with Gasteiger partial charge in [0.1, 0.15) is 11.9 Å². The Morgan fingerprint density at radius 3 is 2.38 bits per heavy atom. The first kappa shape index (κ1) is 23.1. The van der Waals surface area contributed by atoms with Crippen molar-refractivity contribution in [2.24, 2.45) is 5.73 Å². The summed E-state index contributed by atoms with van der Waals surface area (Å²) in [6.07, 6.45) is 3.42. The summed E-state index contributed by atoms with van der Waals surface area (Å²) in [6.45, 7) is 3.36. The van der Waals surface area contributed by atoms with Crippen molar-refractivity contribution in [3.63, 3.8) is 0 Å². The molecule has 2 heterocycles. The summed E-state index contributed by atoms with van der Waals surface area (Å²) in [5, 5.41) is 11.2. The number of hydrogen-bond donors (Lipinski definition) is 2. The maximum absolute atomic E-state index is 11.5. The van der Waals surface area contributed by atoms with E-state index in [0.29, 0.717) is 11.6 Å². The number of methoxy groups -OCH3 is 2. The Bertz CT molecular complexity index is 1370. The number of carbonyl (C=O) groups excluding carboxylic acids is 1. The van der Waals surface area contributed by atoms with Gasteiger partial charge in [-0.05, 0) is 48.7 Å². The molecule has 0 aliphatic rings. The second-order valence-electron chi connectivity index (χ2n) is 8.33. The average Bonchev–Trinajstić information content (AvgIpc) is 2.83. The lowest BCUT2D eigenvalue weighted by atomic mass is 9.92. The molecule has 8 nitrogen and oxygen atoms in total. The van der Waals surface area contributed by atoms with Gasteiger partial charge in [-0.3, -0.25) is 4.79 Å². The molecule has 4 aromatic rings. The Kier molecular flexibility index (Phi) is 6.17. The highest BCUT2D eigenvalue weighted by molar-refractivity contribution is 5.98. The standard InChI is InChI=1S/C26H26N4O4/c1-15-20-9-18(19-11-22(33-3)24(34-4)28-13-19)10-21(23(20)30-14-29-15)17-7-5-16(6-8-17)12-26(2,32)25(27)31/h5-11,13-14,32H,12H2,1-4H3,(H2,27,31). The number of aryl methyl sites for hydroxylation is 1. The van der Waals surface area contributed by atoms with E-state index in [-0.39, 0.29) is 6.42 Å². The second-order valence-corrected chi connectivity index (χ2v) is 8.33. The number of ether oxygens (including phenoxy) is 2. The molecule has 1 amide bonds. The number of nitrogens with zero attached hydrogens (tertiary/aromatic N) is 3. The third-order valence-corrected chi connectivity index (χ3v) is 5.85. The number of hydrogen-bond acceptors (Lipinski definition) is 7. The van der Waals surface area contributed by atoms with Crippen LogP contribution in [0.25, 0.3) is 33.2 Å². The lowest BCUT2D eigenvalue weighted by molar-refractivity contribution is -0.134. The lowest BCUT2D eigenvalue weighted by Crippen LogP contribution is -2.42. The Morgan fingerprint density at radius 2 is 1.74 bits per heavy atom. The number of carbonyl (C=O) groups is 1. The van der Waals surface area contributed by atoms with Crippen LogP contribution in [0.15, 0.2) is 55.0 Å². The maximum atomic E-state index is 11.5. The van der Waals surface area contributed by atoms with Crippen molar-refractivity contribution < 1.29 is 19.4 Å². The molecule has 0 fully saturated rings. The van der Waals surface area contributed by atoms with Crippen LogP contribution in [0.1, 0.15) is 18.2 Å². The van der Waals surface area contributed by atoms with Crippen LogP contribution in [-0.4, -0.2) is 45.8 Å². The molecule has 0 saturated carbocycles. The normalized spacial score (nSPS) is 12.9. The predicted octanol–water partition coefficient (Wildman–Crippen LogP) is 3.46. The zero-order chi connectivity index (χ0) is 24.5. The summed E-state index contributed by atoms with van der Waals surface area (Å²) in [5.74, 6) is 0.189. The molecule has 0 bridgehead atoms. The van der Waals surface area contributed by atoms with Gasteiger partial charge >= 0.3 is 0 Å². The van der Waals surface area contributed by atoms with Crippen LogP contribution in [0.5, 0.6) is 11.6 Å². The van der Waals surface area contributed by atoms with Crippen LogP contribution in [0, 0.1) is 6.92 Å². The van der Waals surface area contributed by atoms with Gasteiger partial charge in [-0.2, -0.15) is 0 Å².